The van der Waals surface area contributed by atoms with Gasteiger partial charge in [-0.1, -0.05) is 12.1 Å². The smallest absolute Gasteiger partial charge is 0.312 e. The van der Waals surface area contributed by atoms with E-state index in [-0.39, 0.29) is 12.4 Å². The quantitative estimate of drug-likeness (QED) is 0.732. The van der Waals surface area contributed by atoms with Gasteiger partial charge in [0.05, 0.1) is 5.56 Å². The molecule has 1 aliphatic heterocycles. The molecule has 0 saturated carbocycles. The highest BCUT2D eigenvalue weighted by Gasteiger charge is 2.34. The van der Waals surface area contributed by atoms with Crippen molar-refractivity contribution in [1.29, 1.82) is 0 Å². The Balaban J connectivity index is 0.00000112. The standard InChI is InChI=1S/C10H10F3N.ClH/c11-10(12,13)9-3-1-2-7-4-5-14-6-8(7)9;/h1-3,14H,4-6H2;1H. The Kier molecular flexibility index (Phi) is 3.62. The van der Waals surface area contributed by atoms with Crippen molar-refractivity contribution < 1.29 is 13.2 Å². The maximum atomic E-state index is 12.5. The van der Waals surface area contributed by atoms with E-state index in [0.29, 0.717) is 18.5 Å². The largest absolute Gasteiger partial charge is 0.416 e. The van der Waals surface area contributed by atoms with Crippen molar-refractivity contribution in [3.05, 3.63) is 34.9 Å². The first-order valence-corrected chi connectivity index (χ1v) is 4.48. The summed E-state index contributed by atoms with van der Waals surface area (Å²) >= 11 is 0. The number of rotatable bonds is 0. The Bertz CT molecular complexity index is 349. The van der Waals surface area contributed by atoms with Crippen LogP contribution in [0.15, 0.2) is 18.2 Å². The molecule has 1 nitrogen and oxygen atoms in total. The zero-order valence-corrected chi connectivity index (χ0v) is 8.71. The Morgan fingerprint density at radius 2 is 1.93 bits per heavy atom. The van der Waals surface area contributed by atoms with Gasteiger partial charge in [0.25, 0.3) is 0 Å². The summed E-state index contributed by atoms with van der Waals surface area (Å²) in [6.45, 7) is 1.08. The van der Waals surface area contributed by atoms with Crippen LogP contribution in [0.3, 0.4) is 0 Å². The number of nitrogens with one attached hydrogen (secondary N) is 1. The maximum Gasteiger partial charge on any atom is 0.416 e. The van der Waals surface area contributed by atoms with E-state index >= 15 is 0 Å². The molecule has 0 bridgehead atoms. The lowest BCUT2D eigenvalue weighted by Gasteiger charge is -2.21. The molecule has 15 heavy (non-hydrogen) atoms. The molecule has 0 radical (unpaired) electrons. The van der Waals surface area contributed by atoms with E-state index in [2.05, 4.69) is 5.32 Å². The minimum atomic E-state index is -4.23. The van der Waals surface area contributed by atoms with Crippen molar-refractivity contribution in [3.8, 4) is 0 Å². The molecule has 1 heterocycles. The Morgan fingerprint density at radius 1 is 1.20 bits per heavy atom. The zero-order chi connectivity index (χ0) is 10.2. The van der Waals surface area contributed by atoms with Gasteiger partial charge in [0.15, 0.2) is 0 Å². The van der Waals surface area contributed by atoms with Crippen molar-refractivity contribution in [2.45, 2.75) is 19.1 Å². The van der Waals surface area contributed by atoms with Gasteiger partial charge in [-0.25, -0.2) is 0 Å². The van der Waals surface area contributed by atoms with Gasteiger partial charge in [0, 0.05) is 6.54 Å². The number of hydrogen-bond acceptors (Lipinski definition) is 1. The highest BCUT2D eigenvalue weighted by Crippen LogP contribution is 2.34. The fourth-order valence-corrected chi connectivity index (χ4v) is 1.78. The number of fused-ring (bicyclic) bond motifs is 1. The summed E-state index contributed by atoms with van der Waals surface area (Å²) in [6.07, 6.45) is -3.55. The van der Waals surface area contributed by atoms with Gasteiger partial charge in [-0.2, -0.15) is 13.2 Å². The molecule has 1 aromatic rings. The second-order valence-electron chi connectivity index (χ2n) is 3.37. The minimum Gasteiger partial charge on any atom is -0.312 e. The van der Waals surface area contributed by atoms with Gasteiger partial charge in [-0.05, 0) is 30.2 Å². The highest BCUT2D eigenvalue weighted by atomic mass is 35.5. The number of alkyl halides is 3. The van der Waals surface area contributed by atoms with E-state index < -0.39 is 11.7 Å². The van der Waals surface area contributed by atoms with E-state index in [0.717, 1.165) is 18.2 Å². The molecule has 0 aromatic heterocycles. The SMILES string of the molecule is Cl.FC(F)(F)c1cccc2c1CNCC2. The van der Waals surface area contributed by atoms with E-state index in [1.165, 1.54) is 6.07 Å². The summed E-state index contributed by atoms with van der Waals surface area (Å²) in [5.74, 6) is 0. The van der Waals surface area contributed by atoms with Crippen LogP contribution in [0.25, 0.3) is 0 Å². The van der Waals surface area contributed by atoms with Crippen LogP contribution in [-0.2, 0) is 19.1 Å². The van der Waals surface area contributed by atoms with Gasteiger partial charge in [-0.3, -0.25) is 0 Å². The average Bonchev–Trinajstić information content (AvgIpc) is 2.15. The minimum absolute atomic E-state index is 0. The fraction of sp³-hybridized carbons (Fsp3) is 0.400. The molecule has 0 amide bonds. The summed E-state index contributed by atoms with van der Waals surface area (Å²) in [5, 5.41) is 2.95. The van der Waals surface area contributed by atoms with E-state index in [1.54, 1.807) is 6.07 Å². The van der Waals surface area contributed by atoms with Crippen LogP contribution in [0.1, 0.15) is 16.7 Å². The molecule has 0 spiro atoms. The van der Waals surface area contributed by atoms with Gasteiger partial charge < -0.3 is 5.32 Å². The lowest BCUT2D eigenvalue weighted by molar-refractivity contribution is -0.138. The van der Waals surface area contributed by atoms with Crippen LogP contribution in [0.5, 0.6) is 0 Å². The van der Waals surface area contributed by atoms with Crippen LogP contribution < -0.4 is 5.32 Å². The third-order valence-electron chi connectivity index (χ3n) is 2.45. The molecule has 84 valence electrons. The van der Waals surface area contributed by atoms with Gasteiger partial charge in [0.1, 0.15) is 0 Å². The number of benzene rings is 1. The molecule has 0 atom stereocenters. The number of hydrogen-bond donors (Lipinski definition) is 1. The molecule has 2 rings (SSSR count). The first-order valence-electron chi connectivity index (χ1n) is 4.48. The third kappa shape index (κ3) is 2.44. The second kappa shape index (κ2) is 4.41. The fourth-order valence-electron chi connectivity index (χ4n) is 1.78. The van der Waals surface area contributed by atoms with Crippen molar-refractivity contribution >= 4 is 12.4 Å². The highest BCUT2D eigenvalue weighted by molar-refractivity contribution is 5.85. The lowest BCUT2D eigenvalue weighted by Crippen LogP contribution is -2.26. The van der Waals surface area contributed by atoms with Crippen LogP contribution in [0, 0.1) is 0 Å². The summed E-state index contributed by atoms with van der Waals surface area (Å²) in [6, 6.07) is 4.39. The molecule has 0 fully saturated rings. The van der Waals surface area contributed by atoms with Gasteiger partial charge >= 0.3 is 6.18 Å². The topological polar surface area (TPSA) is 12.0 Å². The maximum absolute atomic E-state index is 12.5. The van der Waals surface area contributed by atoms with Crippen molar-refractivity contribution in [2.24, 2.45) is 0 Å². The molecule has 5 heteroatoms. The summed E-state index contributed by atoms with van der Waals surface area (Å²) in [4.78, 5) is 0. The second-order valence-corrected chi connectivity index (χ2v) is 3.37. The molecular weight excluding hydrogens is 227 g/mol. The first kappa shape index (κ1) is 12.3. The van der Waals surface area contributed by atoms with Crippen LogP contribution in [0.4, 0.5) is 13.2 Å². The molecule has 1 aromatic carbocycles. The van der Waals surface area contributed by atoms with Gasteiger partial charge in [0.2, 0.25) is 0 Å². The summed E-state index contributed by atoms with van der Waals surface area (Å²) in [5.41, 5.74) is 0.729. The predicted molar refractivity (Wildman–Crippen MR) is 54.1 cm³/mol. The number of halogens is 4. The molecule has 0 aliphatic carbocycles. The molecule has 1 aliphatic rings. The Hall–Kier alpha value is -0.740. The normalized spacial score (nSPS) is 15.4. The van der Waals surface area contributed by atoms with E-state index in [1.807, 2.05) is 0 Å². The van der Waals surface area contributed by atoms with Crippen LogP contribution in [0.2, 0.25) is 0 Å². The molecule has 1 N–H and O–H groups in total. The molecule has 0 saturated heterocycles. The zero-order valence-electron chi connectivity index (χ0n) is 7.90. The third-order valence-corrected chi connectivity index (χ3v) is 2.45. The van der Waals surface area contributed by atoms with E-state index in [4.69, 9.17) is 0 Å². The summed E-state index contributed by atoms with van der Waals surface area (Å²) < 4.78 is 37.6. The van der Waals surface area contributed by atoms with Crippen molar-refractivity contribution in [1.82, 2.24) is 5.32 Å². The predicted octanol–water partition coefficient (Wildman–Crippen LogP) is 2.77. The Morgan fingerprint density at radius 3 is 2.60 bits per heavy atom. The van der Waals surface area contributed by atoms with Crippen LogP contribution >= 0.6 is 12.4 Å². The molecule has 0 unspecified atom stereocenters. The lowest BCUT2D eigenvalue weighted by atomic mass is 9.96. The molecular formula is C10H11ClF3N. The summed E-state index contributed by atoms with van der Waals surface area (Å²) in [7, 11) is 0. The first-order chi connectivity index (χ1) is 6.59. The van der Waals surface area contributed by atoms with E-state index in [9.17, 15) is 13.2 Å². The average molecular weight is 238 g/mol. The van der Waals surface area contributed by atoms with Crippen molar-refractivity contribution in [2.75, 3.05) is 6.54 Å². The van der Waals surface area contributed by atoms with Gasteiger partial charge in [-0.15, -0.1) is 12.4 Å². The monoisotopic (exact) mass is 237 g/mol. The van der Waals surface area contributed by atoms with Crippen LogP contribution in [-0.4, -0.2) is 6.54 Å². The van der Waals surface area contributed by atoms with Crippen molar-refractivity contribution in [3.63, 3.8) is 0 Å². The Labute approximate surface area is 92.1 Å².